The molecule has 0 spiro atoms. The molecule has 0 amide bonds. The van der Waals surface area contributed by atoms with Crippen LogP contribution in [0.5, 0.6) is 0 Å². The largest absolute Gasteiger partial charge is 0.310 e. The lowest BCUT2D eigenvalue weighted by Gasteiger charge is -2.14. The summed E-state index contributed by atoms with van der Waals surface area (Å²) in [6.45, 7) is 0. The normalized spacial score (nSPS) is 17.8. The number of halogens is 1. The molecule has 1 aromatic heterocycles. The maximum absolute atomic E-state index is 6.11. The fraction of sp³-hybridized carbons (Fsp3) is 0.133. The van der Waals surface area contributed by atoms with Gasteiger partial charge in [0.2, 0.25) is 0 Å². The third kappa shape index (κ3) is 1.77. The zero-order valence-electron chi connectivity index (χ0n) is 10.1. The van der Waals surface area contributed by atoms with Gasteiger partial charge >= 0.3 is 0 Å². The highest BCUT2D eigenvalue weighted by molar-refractivity contribution is 7.99. The average molecular weight is 287 g/mol. The standard InChI is InChI=1S/C15H11ClN2S/c16-11-5-3-4-10(8-11)15-18-13-7-2-1-6-12(13)17-14(18)9-19-15/h1-8,15H,9H2/t15-/m1/s1. The van der Waals surface area contributed by atoms with Crippen molar-refractivity contribution in [3.63, 3.8) is 0 Å². The Balaban J connectivity index is 1.91. The first-order valence-corrected chi connectivity index (χ1v) is 7.58. The van der Waals surface area contributed by atoms with Gasteiger partial charge in [-0.15, -0.1) is 11.8 Å². The van der Waals surface area contributed by atoms with Crippen molar-refractivity contribution in [1.82, 2.24) is 9.55 Å². The van der Waals surface area contributed by atoms with Crippen LogP contribution in [0.1, 0.15) is 16.8 Å². The van der Waals surface area contributed by atoms with E-state index in [0.717, 1.165) is 22.1 Å². The van der Waals surface area contributed by atoms with Gasteiger partial charge in [-0.3, -0.25) is 0 Å². The number of para-hydroxylation sites is 2. The van der Waals surface area contributed by atoms with Crippen LogP contribution in [0.3, 0.4) is 0 Å². The third-order valence-electron chi connectivity index (χ3n) is 3.41. The van der Waals surface area contributed by atoms with Gasteiger partial charge in [0.1, 0.15) is 11.2 Å². The Hall–Kier alpha value is -1.45. The van der Waals surface area contributed by atoms with E-state index in [9.17, 15) is 0 Å². The van der Waals surface area contributed by atoms with Gasteiger partial charge in [0.15, 0.2) is 0 Å². The molecule has 0 aliphatic carbocycles. The molecular formula is C15H11ClN2S. The van der Waals surface area contributed by atoms with Crippen LogP contribution in [0.4, 0.5) is 0 Å². The first-order chi connectivity index (χ1) is 9.33. The lowest BCUT2D eigenvalue weighted by atomic mass is 10.2. The lowest BCUT2D eigenvalue weighted by Crippen LogP contribution is -2.03. The fourth-order valence-corrected chi connectivity index (χ4v) is 4.02. The van der Waals surface area contributed by atoms with Crippen molar-refractivity contribution in [3.05, 3.63) is 64.9 Å². The molecule has 0 bridgehead atoms. The van der Waals surface area contributed by atoms with Crippen molar-refractivity contribution in [2.45, 2.75) is 11.1 Å². The minimum Gasteiger partial charge on any atom is -0.310 e. The number of nitrogens with zero attached hydrogens (tertiary/aromatic N) is 2. The van der Waals surface area contributed by atoms with E-state index in [2.05, 4.69) is 28.8 Å². The third-order valence-corrected chi connectivity index (χ3v) is 4.87. The van der Waals surface area contributed by atoms with Gasteiger partial charge in [0.05, 0.1) is 16.8 Å². The van der Waals surface area contributed by atoms with E-state index in [0.29, 0.717) is 0 Å². The number of benzene rings is 2. The van der Waals surface area contributed by atoms with Crippen LogP contribution in [0.2, 0.25) is 5.02 Å². The maximum atomic E-state index is 6.11. The monoisotopic (exact) mass is 286 g/mol. The number of rotatable bonds is 1. The molecule has 1 aliphatic rings. The Morgan fingerprint density at radius 2 is 2.05 bits per heavy atom. The van der Waals surface area contributed by atoms with Crippen molar-refractivity contribution < 1.29 is 0 Å². The molecule has 0 fully saturated rings. The Bertz CT molecular complexity index is 766. The molecule has 3 aromatic rings. The fourth-order valence-electron chi connectivity index (χ4n) is 2.59. The molecule has 1 atom stereocenters. The molecule has 0 radical (unpaired) electrons. The van der Waals surface area contributed by atoms with Crippen molar-refractivity contribution in [2.75, 3.05) is 0 Å². The van der Waals surface area contributed by atoms with Gasteiger partial charge in [-0.25, -0.2) is 4.98 Å². The minimum absolute atomic E-state index is 0.279. The number of hydrogen-bond donors (Lipinski definition) is 0. The van der Waals surface area contributed by atoms with Crippen LogP contribution in [0, 0.1) is 0 Å². The van der Waals surface area contributed by atoms with E-state index in [-0.39, 0.29) is 5.37 Å². The molecule has 0 N–H and O–H groups in total. The highest BCUT2D eigenvalue weighted by atomic mass is 35.5. The highest BCUT2D eigenvalue weighted by Crippen LogP contribution is 2.42. The first kappa shape index (κ1) is 11.4. The van der Waals surface area contributed by atoms with Gasteiger partial charge in [-0.1, -0.05) is 35.9 Å². The maximum Gasteiger partial charge on any atom is 0.121 e. The van der Waals surface area contributed by atoms with Crippen LogP contribution in [0.25, 0.3) is 11.0 Å². The van der Waals surface area contributed by atoms with Gasteiger partial charge in [0.25, 0.3) is 0 Å². The Morgan fingerprint density at radius 1 is 1.16 bits per heavy atom. The average Bonchev–Trinajstić information content (AvgIpc) is 2.97. The van der Waals surface area contributed by atoms with Crippen molar-refractivity contribution >= 4 is 34.4 Å². The van der Waals surface area contributed by atoms with Gasteiger partial charge < -0.3 is 4.57 Å². The van der Waals surface area contributed by atoms with E-state index in [1.807, 2.05) is 36.0 Å². The van der Waals surface area contributed by atoms with Gasteiger partial charge in [-0.05, 0) is 29.8 Å². The number of thioether (sulfide) groups is 1. The first-order valence-electron chi connectivity index (χ1n) is 6.16. The summed E-state index contributed by atoms with van der Waals surface area (Å²) >= 11 is 8.00. The number of hydrogen-bond acceptors (Lipinski definition) is 2. The van der Waals surface area contributed by atoms with Gasteiger partial charge in [-0.2, -0.15) is 0 Å². The molecule has 2 heterocycles. The number of imidazole rings is 1. The van der Waals surface area contributed by atoms with E-state index < -0.39 is 0 Å². The van der Waals surface area contributed by atoms with Crippen LogP contribution >= 0.6 is 23.4 Å². The van der Waals surface area contributed by atoms with Crippen LogP contribution < -0.4 is 0 Å². The molecule has 0 unspecified atom stereocenters. The zero-order chi connectivity index (χ0) is 12.8. The Morgan fingerprint density at radius 3 is 2.95 bits per heavy atom. The van der Waals surface area contributed by atoms with E-state index >= 15 is 0 Å². The van der Waals surface area contributed by atoms with Crippen molar-refractivity contribution in [1.29, 1.82) is 0 Å². The summed E-state index contributed by atoms with van der Waals surface area (Å²) in [7, 11) is 0. The topological polar surface area (TPSA) is 17.8 Å². The predicted octanol–water partition coefficient (Wildman–Crippen LogP) is 4.48. The van der Waals surface area contributed by atoms with Crippen molar-refractivity contribution in [2.24, 2.45) is 0 Å². The number of aromatic nitrogens is 2. The van der Waals surface area contributed by atoms with E-state index in [1.54, 1.807) is 0 Å². The smallest absolute Gasteiger partial charge is 0.121 e. The Labute approximate surface area is 120 Å². The second kappa shape index (κ2) is 4.29. The van der Waals surface area contributed by atoms with E-state index in [4.69, 9.17) is 16.6 Å². The summed E-state index contributed by atoms with van der Waals surface area (Å²) in [6.07, 6.45) is 0. The summed E-state index contributed by atoms with van der Waals surface area (Å²) in [4.78, 5) is 4.70. The zero-order valence-corrected chi connectivity index (χ0v) is 11.7. The number of fused-ring (bicyclic) bond motifs is 3. The molecule has 0 saturated carbocycles. The summed E-state index contributed by atoms with van der Waals surface area (Å²) < 4.78 is 2.33. The molecule has 19 heavy (non-hydrogen) atoms. The van der Waals surface area contributed by atoms with Crippen LogP contribution in [0.15, 0.2) is 48.5 Å². The summed E-state index contributed by atoms with van der Waals surface area (Å²) in [5.41, 5.74) is 3.51. The quantitative estimate of drug-likeness (QED) is 0.656. The predicted molar refractivity (Wildman–Crippen MR) is 80.6 cm³/mol. The molecule has 1 aliphatic heterocycles. The second-order valence-corrected chi connectivity index (χ2v) is 6.11. The SMILES string of the molecule is Clc1cccc([C@H]2SCc3nc4ccccc4n32)c1. The molecule has 4 heteroatoms. The van der Waals surface area contributed by atoms with E-state index in [1.165, 1.54) is 11.1 Å². The second-order valence-electron chi connectivity index (χ2n) is 4.61. The summed E-state index contributed by atoms with van der Waals surface area (Å²) in [5, 5.41) is 1.07. The molecular weight excluding hydrogens is 276 g/mol. The molecule has 94 valence electrons. The molecule has 2 nitrogen and oxygen atoms in total. The Kier molecular flexibility index (Phi) is 2.57. The summed E-state index contributed by atoms with van der Waals surface area (Å²) in [6, 6.07) is 16.4. The summed E-state index contributed by atoms with van der Waals surface area (Å²) in [5.74, 6) is 2.10. The lowest BCUT2D eigenvalue weighted by molar-refractivity contribution is 0.794. The van der Waals surface area contributed by atoms with Crippen LogP contribution in [-0.4, -0.2) is 9.55 Å². The van der Waals surface area contributed by atoms with Crippen LogP contribution in [-0.2, 0) is 5.75 Å². The molecule has 0 saturated heterocycles. The van der Waals surface area contributed by atoms with Crippen molar-refractivity contribution in [3.8, 4) is 0 Å². The van der Waals surface area contributed by atoms with Gasteiger partial charge in [0, 0.05) is 5.02 Å². The highest BCUT2D eigenvalue weighted by Gasteiger charge is 2.27. The molecule has 2 aromatic carbocycles. The molecule has 4 rings (SSSR count). The minimum atomic E-state index is 0.279.